The Morgan fingerprint density at radius 3 is 2.30 bits per heavy atom. The van der Waals surface area contributed by atoms with Crippen molar-refractivity contribution in [3.8, 4) is 17.2 Å². The average Bonchev–Trinajstić information content (AvgIpc) is 2.43. The van der Waals surface area contributed by atoms with E-state index in [0.29, 0.717) is 28.2 Å². The van der Waals surface area contributed by atoms with Gasteiger partial charge in [-0.25, -0.2) is 9.78 Å². The van der Waals surface area contributed by atoms with Crippen molar-refractivity contribution in [1.82, 2.24) is 4.98 Å². The van der Waals surface area contributed by atoms with Crippen LogP contribution in [0, 0.1) is 0 Å². The van der Waals surface area contributed by atoms with Crippen LogP contribution < -0.4 is 14.2 Å². The van der Waals surface area contributed by atoms with Crippen molar-refractivity contribution >= 4 is 28.5 Å². The molecular formula is C13H12ClNO5. The molecule has 0 aliphatic rings. The van der Waals surface area contributed by atoms with Gasteiger partial charge in [0, 0.05) is 11.5 Å². The molecule has 1 aromatic carbocycles. The second-order valence-electron chi connectivity index (χ2n) is 3.84. The number of fused-ring (bicyclic) bond motifs is 1. The SMILES string of the molecule is COc1cc2nc(Cl)c(C(=O)O)cc2c(OC)c1OC. The van der Waals surface area contributed by atoms with Gasteiger partial charge in [0.25, 0.3) is 0 Å². The fraction of sp³-hybridized carbons (Fsp3) is 0.231. The summed E-state index contributed by atoms with van der Waals surface area (Å²) in [6, 6.07) is 3.00. The number of benzene rings is 1. The first-order valence-electron chi connectivity index (χ1n) is 5.56. The Hall–Kier alpha value is -2.21. The maximum absolute atomic E-state index is 11.1. The lowest BCUT2D eigenvalue weighted by Gasteiger charge is -2.14. The van der Waals surface area contributed by atoms with Gasteiger partial charge in [-0.3, -0.25) is 0 Å². The summed E-state index contributed by atoms with van der Waals surface area (Å²) in [6.45, 7) is 0. The lowest BCUT2D eigenvalue weighted by molar-refractivity contribution is 0.0697. The molecule has 20 heavy (non-hydrogen) atoms. The number of pyridine rings is 1. The van der Waals surface area contributed by atoms with Crippen LogP contribution in [-0.4, -0.2) is 37.4 Å². The van der Waals surface area contributed by atoms with E-state index in [9.17, 15) is 4.79 Å². The number of hydrogen-bond acceptors (Lipinski definition) is 5. The molecule has 1 heterocycles. The van der Waals surface area contributed by atoms with Gasteiger partial charge in [0.15, 0.2) is 11.5 Å². The molecule has 0 atom stereocenters. The van der Waals surface area contributed by atoms with Gasteiger partial charge in [0.2, 0.25) is 5.75 Å². The largest absolute Gasteiger partial charge is 0.493 e. The van der Waals surface area contributed by atoms with E-state index < -0.39 is 5.97 Å². The van der Waals surface area contributed by atoms with E-state index in [0.717, 1.165) is 0 Å². The Bertz CT molecular complexity index is 686. The first-order chi connectivity index (χ1) is 9.53. The van der Waals surface area contributed by atoms with Crippen LogP contribution in [0.1, 0.15) is 10.4 Å². The van der Waals surface area contributed by atoms with E-state index in [2.05, 4.69) is 4.98 Å². The molecule has 0 aliphatic carbocycles. The van der Waals surface area contributed by atoms with Crippen molar-refractivity contribution in [2.45, 2.75) is 0 Å². The average molecular weight is 298 g/mol. The lowest BCUT2D eigenvalue weighted by atomic mass is 10.1. The maximum atomic E-state index is 11.1. The summed E-state index contributed by atoms with van der Waals surface area (Å²) < 4.78 is 15.7. The number of carboxylic acid groups (broad SMARTS) is 1. The third kappa shape index (κ3) is 2.18. The molecule has 2 aromatic rings. The van der Waals surface area contributed by atoms with Gasteiger partial charge < -0.3 is 19.3 Å². The van der Waals surface area contributed by atoms with Crippen LogP contribution in [0.25, 0.3) is 10.9 Å². The van der Waals surface area contributed by atoms with Crippen LogP contribution in [0.3, 0.4) is 0 Å². The third-order valence-electron chi connectivity index (χ3n) is 2.81. The number of methoxy groups -OCH3 is 3. The molecular weight excluding hydrogens is 286 g/mol. The first-order valence-corrected chi connectivity index (χ1v) is 5.93. The van der Waals surface area contributed by atoms with Crippen LogP contribution in [0.15, 0.2) is 12.1 Å². The van der Waals surface area contributed by atoms with Gasteiger partial charge in [0.05, 0.1) is 32.4 Å². The molecule has 0 unspecified atom stereocenters. The minimum absolute atomic E-state index is 0.0979. The Balaban J connectivity index is 2.89. The van der Waals surface area contributed by atoms with Crippen molar-refractivity contribution in [3.05, 3.63) is 22.8 Å². The summed E-state index contributed by atoms with van der Waals surface area (Å²) in [7, 11) is 4.40. The van der Waals surface area contributed by atoms with Crippen molar-refractivity contribution in [3.63, 3.8) is 0 Å². The molecule has 0 saturated heterocycles. The van der Waals surface area contributed by atoms with Crippen molar-refractivity contribution in [2.24, 2.45) is 0 Å². The van der Waals surface area contributed by atoms with Gasteiger partial charge in [-0.2, -0.15) is 0 Å². The zero-order valence-electron chi connectivity index (χ0n) is 11.1. The van der Waals surface area contributed by atoms with Gasteiger partial charge >= 0.3 is 5.97 Å². The van der Waals surface area contributed by atoms with Crippen LogP contribution in [0.5, 0.6) is 17.2 Å². The van der Waals surface area contributed by atoms with Crippen molar-refractivity contribution < 1.29 is 24.1 Å². The Kier molecular flexibility index (Phi) is 3.85. The van der Waals surface area contributed by atoms with E-state index in [4.69, 9.17) is 30.9 Å². The number of rotatable bonds is 4. The van der Waals surface area contributed by atoms with Gasteiger partial charge in [-0.05, 0) is 6.07 Å². The standard InChI is InChI=1S/C13H12ClNO5/c1-18-9-5-8-6(10(19-2)11(9)20-3)4-7(13(16)17)12(14)15-8/h4-5H,1-3H3,(H,16,17). The maximum Gasteiger partial charge on any atom is 0.338 e. The van der Waals surface area contributed by atoms with Gasteiger partial charge in [0.1, 0.15) is 5.15 Å². The van der Waals surface area contributed by atoms with E-state index in [1.54, 1.807) is 6.07 Å². The number of aromatic carboxylic acids is 1. The van der Waals surface area contributed by atoms with Crippen LogP contribution in [0.4, 0.5) is 0 Å². The monoisotopic (exact) mass is 297 g/mol. The quantitative estimate of drug-likeness (QED) is 0.874. The highest BCUT2D eigenvalue weighted by molar-refractivity contribution is 6.33. The zero-order chi connectivity index (χ0) is 14.9. The minimum Gasteiger partial charge on any atom is -0.493 e. The predicted molar refractivity (Wildman–Crippen MR) is 73.4 cm³/mol. The topological polar surface area (TPSA) is 77.9 Å². The fourth-order valence-corrected chi connectivity index (χ4v) is 2.14. The molecule has 0 radical (unpaired) electrons. The molecule has 0 fully saturated rings. The molecule has 0 bridgehead atoms. The van der Waals surface area contributed by atoms with Crippen molar-refractivity contribution in [2.75, 3.05) is 21.3 Å². The van der Waals surface area contributed by atoms with Crippen molar-refractivity contribution in [1.29, 1.82) is 0 Å². The number of hydrogen-bond donors (Lipinski definition) is 1. The molecule has 0 amide bonds. The second-order valence-corrected chi connectivity index (χ2v) is 4.20. The van der Waals surface area contributed by atoms with E-state index in [-0.39, 0.29) is 10.7 Å². The highest BCUT2D eigenvalue weighted by atomic mass is 35.5. The number of carboxylic acids is 1. The molecule has 0 spiro atoms. The number of aromatic nitrogens is 1. The van der Waals surface area contributed by atoms with Gasteiger partial charge in [-0.1, -0.05) is 11.6 Å². The Labute approximate surface area is 119 Å². The van der Waals surface area contributed by atoms with Gasteiger partial charge in [-0.15, -0.1) is 0 Å². The smallest absolute Gasteiger partial charge is 0.338 e. The van der Waals surface area contributed by atoms with E-state index in [1.807, 2.05) is 0 Å². The number of carbonyl (C=O) groups is 1. The summed E-state index contributed by atoms with van der Waals surface area (Å²) in [5.74, 6) is -0.0405. The molecule has 0 aliphatic heterocycles. The highest BCUT2D eigenvalue weighted by Crippen LogP contribution is 2.43. The van der Waals surface area contributed by atoms with E-state index in [1.165, 1.54) is 27.4 Å². The minimum atomic E-state index is -1.17. The summed E-state index contributed by atoms with van der Waals surface area (Å²) in [5.41, 5.74) is 0.346. The summed E-state index contributed by atoms with van der Waals surface area (Å²) >= 11 is 5.86. The fourth-order valence-electron chi connectivity index (χ4n) is 1.92. The first kappa shape index (κ1) is 14.2. The zero-order valence-corrected chi connectivity index (χ0v) is 11.8. The molecule has 0 saturated carbocycles. The molecule has 106 valence electrons. The summed E-state index contributed by atoms with van der Waals surface area (Å²) in [5, 5.41) is 9.48. The van der Waals surface area contributed by atoms with Crippen LogP contribution in [-0.2, 0) is 0 Å². The molecule has 1 aromatic heterocycles. The lowest BCUT2D eigenvalue weighted by Crippen LogP contribution is -2.02. The van der Waals surface area contributed by atoms with Crippen LogP contribution in [0.2, 0.25) is 5.15 Å². The Morgan fingerprint density at radius 2 is 1.80 bits per heavy atom. The summed E-state index contributed by atoms with van der Waals surface area (Å²) in [4.78, 5) is 15.2. The molecule has 2 rings (SSSR count). The second kappa shape index (κ2) is 5.42. The molecule has 6 nitrogen and oxygen atoms in total. The van der Waals surface area contributed by atoms with E-state index >= 15 is 0 Å². The number of ether oxygens (including phenoxy) is 3. The molecule has 1 N–H and O–H groups in total. The number of halogens is 1. The highest BCUT2D eigenvalue weighted by Gasteiger charge is 2.20. The third-order valence-corrected chi connectivity index (χ3v) is 3.09. The molecule has 7 heteroatoms. The van der Waals surface area contributed by atoms with Crippen LogP contribution >= 0.6 is 11.6 Å². The summed E-state index contributed by atoms with van der Waals surface area (Å²) in [6.07, 6.45) is 0. The predicted octanol–water partition coefficient (Wildman–Crippen LogP) is 2.61. The number of nitrogens with zero attached hydrogens (tertiary/aromatic N) is 1. The Morgan fingerprint density at radius 1 is 1.15 bits per heavy atom. The normalized spacial score (nSPS) is 10.4.